The molecule has 4 heteroatoms. The third-order valence-corrected chi connectivity index (χ3v) is 6.19. The van der Waals surface area contributed by atoms with Crippen molar-refractivity contribution in [2.24, 2.45) is 0 Å². The van der Waals surface area contributed by atoms with Crippen LogP contribution in [0.25, 0.3) is 21.7 Å². The number of rotatable bonds is 1. The number of hydrogen-bond acceptors (Lipinski definition) is 3. The Balaban J connectivity index is 1.77. The molecular weight excluding hydrogens is 440 g/mol. The zero-order chi connectivity index (χ0) is 20.2. The summed E-state index contributed by atoms with van der Waals surface area (Å²) in [5, 5.41) is 2.97. The van der Waals surface area contributed by atoms with E-state index in [1.807, 2.05) is 54.6 Å². The Morgan fingerprint density at radius 1 is 0.767 bits per heavy atom. The molecule has 0 amide bonds. The maximum atomic E-state index is 13.2. The van der Waals surface area contributed by atoms with Crippen molar-refractivity contribution in [3.8, 4) is 11.5 Å². The molecule has 0 fully saturated rings. The topological polar surface area (TPSA) is 39.4 Å². The van der Waals surface area contributed by atoms with Crippen LogP contribution in [0.5, 0.6) is 11.5 Å². The van der Waals surface area contributed by atoms with E-state index in [0.29, 0.717) is 16.9 Å². The molecule has 0 radical (unpaired) electrons. The highest BCUT2D eigenvalue weighted by Crippen LogP contribution is 2.50. The van der Waals surface area contributed by atoms with Gasteiger partial charge in [0.05, 0.1) is 10.9 Å². The molecule has 1 aromatic heterocycles. The third-order valence-electron chi connectivity index (χ3n) is 5.70. The molecule has 3 nitrogen and oxygen atoms in total. The molecule has 4 aromatic carbocycles. The second-order valence-electron chi connectivity index (χ2n) is 7.42. The van der Waals surface area contributed by atoms with Gasteiger partial charge in [0.15, 0.2) is 0 Å². The van der Waals surface area contributed by atoms with E-state index in [9.17, 15) is 4.79 Å². The van der Waals surface area contributed by atoms with E-state index in [-0.39, 0.29) is 11.5 Å². The van der Waals surface area contributed by atoms with Crippen LogP contribution in [-0.4, -0.2) is 0 Å². The fourth-order valence-electron chi connectivity index (χ4n) is 4.43. The Labute approximate surface area is 180 Å². The van der Waals surface area contributed by atoms with E-state index in [2.05, 4.69) is 40.2 Å². The van der Waals surface area contributed by atoms with Crippen LogP contribution in [0.1, 0.15) is 22.6 Å². The van der Waals surface area contributed by atoms with Gasteiger partial charge in [-0.05, 0) is 46.7 Å². The van der Waals surface area contributed by atoms with Gasteiger partial charge in [0.25, 0.3) is 0 Å². The van der Waals surface area contributed by atoms with E-state index in [4.69, 9.17) is 9.15 Å². The molecule has 0 aliphatic carbocycles. The standard InChI is InChI=1S/C26H15BrO3/c27-17-8-5-7-16(14-17)22-23-18-9-2-1-6-15(18)12-13-21(23)29-25-19-10-3-4-11-20(19)30-26(28)24(22)25/h1-14,22H. The van der Waals surface area contributed by atoms with Crippen molar-refractivity contribution in [1.82, 2.24) is 0 Å². The molecule has 1 atom stereocenters. The summed E-state index contributed by atoms with van der Waals surface area (Å²) in [6.45, 7) is 0. The van der Waals surface area contributed by atoms with Crippen LogP contribution in [0, 0.1) is 0 Å². The predicted molar refractivity (Wildman–Crippen MR) is 122 cm³/mol. The minimum Gasteiger partial charge on any atom is -0.456 e. The summed E-state index contributed by atoms with van der Waals surface area (Å²) in [5.74, 6) is 1.05. The second kappa shape index (κ2) is 6.57. The minimum absolute atomic E-state index is 0.298. The number of benzene rings is 4. The van der Waals surface area contributed by atoms with Crippen molar-refractivity contribution in [3.05, 3.63) is 117 Å². The Kier molecular flexibility index (Phi) is 3.83. The summed E-state index contributed by atoms with van der Waals surface area (Å²) in [6, 6.07) is 27.8. The van der Waals surface area contributed by atoms with E-state index in [1.165, 1.54) is 0 Å². The molecule has 0 saturated carbocycles. The Morgan fingerprint density at radius 3 is 2.43 bits per heavy atom. The van der Waals surface area contributed by atoms with Crippen LogP contribution in [-0.2, 0) is 0 Å². The minimum atomic E-state index is -0.368. The fraction of sp³-hybridized carbons (Fsp3) is 0.0385. The summed E-state index contributed by atoms with van der Waals surface area (Å²) >= 11 is 3.58. The van der Waals surface area contributed by atoms with Crippen LogP contribution in [0.4, 0.5) is 0 Å². The van der Waals surface area contributed by atoms with Crippen molar-refractivity contribution in [3.63, 3.8) is 0 Å². The zero-order valence-electron chi connectivity index (χ0n) is 15.8. The quantitative estimate of drug-likeness (QED) is 0.251. The van der Waals surface area contributed by atoms with Gasteiger partial charge in [0.1, 0.15) is 17.1 Å². The highest BCUT2D eigenvalue weighted by molar-refractivity contribution is 9.10. The van der Waals surface area contributed by atoms with Crippen LogP contribution in [0.15, 0.2) is 98.6 Å². The first-order valence-corrected chi connectivity index (χ1v) is 10.5. The van der Waals surface area contributed by atoms with E-state index < -0.39 is 0 Å². The molecule has 5 aromatic rings. The van der Waals surface area contributed by atoms with Gasteiger partial charge in [-0.1, -0.05) is 70.5 Å². The van der Waals surface area contributed by atoms with E-state index in [0.717, 1.165) is 37.5 Å². The molecule has 1 aliphatic rings. The van der Waals surface area contributed by atoms with Crippen LogP contribution < -0.4 is 10.4 Å². The van der Waals surface area contributed by atoms with Crippen LogP contribution in [0.3, 0.4) is 0 Å². The maximum absolute atomic E-state index is 13.2. The van der Waals surface area contributed by atoms with Crippen molar-refractivity contribution < 1.29 is 9.15 Å². The molecule has 0 spiro atoms. The molecule has 144 valence electrons. The molecule has 6 rings (SSSR count). The summed E-state index contributed by atoms with van der Waals surface area (Å²) in [7, 11) is 0. The average Bonchev–Trinajstić information content (AvgIpc) is 2.77. The van der Waals surface area contributed by atoms with Gasteiger partial charge in [0, 0.05) is 16.0 Å². The molecule has 0 N–H and O–H groups in total. The summed E-state index contributed by atoms with van der Waals surface area (Å²) in [5.41, 5.74) is 2.69. The van der Waals surface area contributed by atoms with Crippen LogP contribution in [0.2, 0.25) is 0 Å². The number of halogens is 1. The first kappa shape index (κ1) is 17.5. The second-order valence-corrected chi connectivity index (χ2v) is 8.33. The lowest BCUT2D eigenvalue weighted by Crippen LogP contribution is -2.21. The van der Waals surface area contributed by atoms with E-state index in [1.54, 1.807) is 6.07 Å². The maximum Gasteiger partial charge on any atom is 0.344 e. The van der Waals surface area contributed by atoms with Crippen LogP contribution >= 0.6 is 15.9 Å². The molecule has 1 aliphatic heterocycles. The van der Waals surface area contributed by atoms with Crippen molar-refractivity contribution in [2.75, 3.05) is 0 Å². The van der Waals surface area contributed by atoms with Gasteiger partial charge in [-0.2, -0.15) is 0 Å². The van der Waals surface area contributed by atoms with Gasteiger partial charge in [-0.15, -0.1) is 0 Å². The number of para-hydroxylation sites is 1. The third kappa shape index (κ3) is 2.54. The summed E-state index contributed by atoms with van der Waals surface area (Å²) in [4.78, 5) is 13.2. The lowest BCUT2D eigenvalue weighted by molar-refractivity contribution is 0.441. The lowest BCUT2D eigenvalue weighted by Gasteiger charge is -2.29. The zero-order valence-corrected chi connectivity index (χ0v) is 17.3. The Morgan fingerprint density at radius 2 is 1.57 bits per heavy atom. The number of ether oxygens (including phenoxy) is 1. The first-order valence-electron chi connectivity index (χ1n) is 9.71. The van der Waals surface area contributed by atoms with Gasteiger partial charge in [-0.3, -0.25) is 0 Å². The molecule has 2 heterocycles. The number of hydrogen-bond donors (Lipinski definition) is 0. The Bertz CT molecular complexity index is 1520. The average molecular weight is 455 g/mol. The first-order chi connectivity index (χ1) is 14.7. The van der Waals surface area contributed by atoms with Gasteiger partial charge in [0.2, 0.25) is 0 Å². The van der Waals surface area contributed by atoms with Crippen molar-refractivity contribution in [2.45, 2.75) is 5.92 Å². The van der Waals surface area contributed by atoms with E-state index >= 15 is 0 Å². The lowest BCUT2D eigenvalue weighted by atomic mass is 9.80. The highest BCUT2D eigenvalue weighted by atomic mass is 79.9. The molecular formula is C26H15BrO3. The van der Waals surface area contributed by atoms with Crippen molar-refractivity contribution >= 4 is 37.7 Å². The summed E-state index contributed by atoms with van der Waals surface area (Å²) < 4.78 is 13.1. The SMILES string of the molecule is O=c1oc2ccccc2c2c1C(c1cccc(Br)c1)c1c(ccc3ccccc13)O2. The highest BCUT2D eigenvalue weighted by Gasteiger charge is 2.35. The summed E-state index contributed by atoms with van der Waals surface area (Å²) in [6.07, 6.45) is 0. The smallest absolute Gasteiger partial charge is 0.344 e. The molecule has 1 unspecified atom stereocenters. The largest absolute Gasteiger partial charge is 0.456 e. The van der Waals surface area contributed by atoms with Gasteiger partial charge < -0.3 is 9.15 Å². The fourth-order valence-corrected chi connectivity index (χ4v) is 4.85. The molecule has 0 saturated heterocycles. The predicted octanol–water partition coefficient (Wildman–Crippen LogP) is 6.99. The molecule has 30 heavy (non-hydrogen) atoms. The van der Waals surface area contributed by atoms with Gasteiger partial charge >= 0.3 is 5.63 Å². The number of fused-ring (bicyclic) bond motifs is 6. The van der Waals surface area contributed by atoms with Crippen molar-refractivity contribution in [1.29, 1.82) is 0 Å². The van der Waals surface area contributed by atoms with Gasteiger partial charge in [-0.25, -0.2) is 4.79 Å². The Hall–Kier alpha value is -3.37. The molecule has 0 bridgehead atoms. The monoisotopic (exact) mass is 454 g/mol. The normalized spacial score (nSPS) is 14.9.